The molecule has 108 valence electrons. The molecule has 1 aromatic carbocycles. The lowest BCUT2D eigenvalue weighted by molar-refractivity contribution is 0.0118. The zero-order valence-electron chi connectivity index (χ0n) is 12.1. The summed E-state index contributed by atoms with van der Waals surface area (Å²) in [6.45, 7) is 5.75. The molecule has 1 atom stereocenters. The van der Waals surface area contributed by atoms with E-state index in [1.165, 1.54) is 4.57 Å². The second-order valence-corrected chi connectivity index (χ2v) is 4.75. The van der Waals surface area contributed by atoms with E-state index in [0.29, 0.717) is 17.3 Å². The Morgan fingerprint density at radius 3 is 2.70 bits per heavy atom. The smallest absolute Gasteiger partial charge is 0.348 e. The van der Waals surface area contributed by atoms with Crippen LogP contribution in [0.2, 0.25) is 0 Å². The fourth-order valence-electron chi connectivity index (χ4n) is 2.05. The van der Waals surface area contributed by atoms with Gasteiger partial charge in [0.05, 0.1) is 18.9 Å². The number of benzene rings is 1. The molecule has 1 N–H and O–H groups in total. The molecule has 20 heavy (non-hydrogen) atoms. The molecule has 2 rings (SSSR count). The number of nitrogens with zero attached hydrogens (tertiary/aromatic N) is 2. The molecular weight excluding hydrogens is 258 g/mol. The molecule has 0 bridgehead atoms. The third-order valence-electron chi connectivity index (χ3n) is 2.85. The van der Waals surface area contributed by atoms with Gasteiger partial charge >= 0.3 is 5.69 Å². The minimum absolute atomic E-state index is 0.0514. The largest absolute Gasteiger partial charge is 0.497 e. The van der Waals surface area contributed by atoms with Gasteiger partial charge in [-0.25, -0.2) is 14.5 Å². The van der Waals surface area contributed by atoms with E-state index >= 15 is 0 Å². The molecule has 0 aliphatic heterocycles. The Bertz CT molecular complexity index is 631. The number of rotatable bonds is 5. The molecule has 2 aromatic rings. The van der Waals surface area contributed by atoms with E-state index in [-0.39, 0.29) is 17.9 Å². The molecule has 0 aliphatic carbocycles. The van der Waals surface area contributed by atoms with Gasteiger partial charge in [0.2, 0.25) is 0 Å². The van der Waals surface area contributed by atoms with Gasteiger partial charge in [0.25, 0.3) is 0 Å². The Morgan fingerprint density at radius 1 is 1.30 bits per heavy atom. The molecule has 6 nitrogen and oxygen atoms in total. The third kappa shape index (κ3) is 2.91. The number of aromatic amines is 1. The Kier molecular flexibility index (Phi) is 4.24. The van der Waals surface area contributed by atoms with Gasteiger partial charge in [-0.2, -0.15) is 5.10 Å². The average Bonchev–Trinajstić information content (AvgIpc) is 2.80. The number of aromatic nitrogens is 3. The Balaban J connectivity index is 2.45. The van der Waals surface area contributed by atoms with Crippen LogP contribution in [0.5, 0.6) is 5.75 Å². The van der Waals surface area contributed by atoms with Gasteiger partial charge in [-0.15, -0.1) is 0 Å². The third-order valence-corrected chi connectivity index (χ3v) is 2.85. The Hall–Kier alpha value is -2.08. The van der Waals surface area contributed by atoms with Gasteiger partial charge in [0, 0.05) is 6.07 Å². The highest BCUT2D eigenvalue weighted by Crippen LogP contribution is 2.20. The first-order chi connectivity index (χ1) is 9.52. The summed E-state index contributed by atoms with van der Waals surface area (Å²) in [4.78, 5) is 12.0. The minimum atomic E-state index is -0.299. The fourth-order valence-corrected chi connectivity index (χ4v) is 2.05. The van der Waals surface area contributed by atoms with Crippen molar-refractivity contribution in [2.75, 3.05) is 7.11 Å². The molecule has 6 heteroatoms. The van der Waals surface area contributed by atoms with Crippen LogP contribution in [0.1, 0.15) is 32.7 Å². The molecule has 1 heterocycles. The van der Waals surface area contributed by atoms with Crippen LogP contribution in [0.3, 0.4) is 0 Å². The maximum Gasteiger partial charge on any atom is 0.348 e. The topological polar surface area (TPSA) is 69.1 Å². The SMILES string of the molecule is COc1cccc(-n2c([C@@H](C)OC(C)C)n[nH]c2=O)c1. The average molecular weight is 277 g/mol. The molecule has 0 fully saturated rings. The molecule has 0 saturated carbocycles. The van der Waals surface area contributed by atoms with Crippen molar-refractivity contribution < 1.29 is 9.47 Å². The van der Waals surface area contributed by atoms with Crippen molar-refractivity contribution in [3.8, 4) is 11.4 Å². The minimum Gasteiger partial charge on any atom is -0.497 e. The maximum absolute atomic E-state index is 12.0. The monoisotopic (exact) mass is 277 g/mol. The molecule has 0 amide bonds. The molecule has 0 spiro atoms. The van der Waals surface area contributed by atoms with E-state index < -0.39 is 0 Å². The van der Waals surface area contributed by atoms with Crippen molar-refractivity contribution >= 4 is 0 Å². The number of ether oxygens (including phenoxy) is 2. The number of hydrogen-bond acceptors (Lipinski definition) is 4. The van der Waals surface area contributed by atoms with E-state index in [1.807, 2.05) is 39.0 Å². The summed E-state index contributed by atoms with van der Waals surface area (Å²) in [5, 5.41) is 6.52. The van der Waals surface area contributed by atoms with Gasteiger partial charge < -0.3 is 9.47 Å². The zero-order valence-corrected chi connectivity index (χ0v) is 12.1. The van der Waals surface area contributed by atoms with Gasteiger partial charge in [0.15, 0.2) is 5.82 Å². The van der Waals surface area contributed by atoms with Gasteiger partial charge in [-0.1, -0.05) is 6.07 Å². The summed E-state index contributed by atoms with van der Waals surface area (Å²) < 4.78 is 12.4. The lowest BCUT2D eigenvalue weighted by atomic mass is 10.2. The summed E-state index contributed by atoms with van der Waals surface area (Å²) in [7, 11) is 1.59. The van der Waals surface area contributed by atoms with Crippen LogP contribution >= 0.6 is 0 Å². The van der Waals surface area contributed by atoms with Crippen LogP contribution in [0, 0.1) is 0 Å². The number of H-pyrrole nitrogens is 1. The van der Waals surface area contributed by atoms with E-state index in [1.54, 1.807) is 13.2 Å². The normalized spacial score (nSPS) is 12.7. The van der Waals surface area contributed by atoms with Gasteiger partial charge in [-0.05, 0) is 32.9 Å². The molecular formula is C14H19N3O3. The first-order valence-corrected chi connectivity index (χ1v) is 6.50. The summed E-state index contributed by atoms with van der Waals surface area (Å²) in [6, 6.07) is 7.25. The summed E-state index contributed by atoms with van der Waals surface area (Å²) in [5.41, 5.74) is 0.393. The van der Waals surface area contributed by atoms with Crippen LogP contribution in [-0.4, -0.2) is 28.0 Å². The Morgan fingerprint density at radius 2 is 2.05 bits per heavy atom. The van der Waals surface area contributed by atoms with Crippen molar-refractivity contribution in [3.05, 3.63) is 40.6 Å². The maximum atomic E-state index is 12.0. The van der Waals surface area contributed by atoms with E-state index in [9.17, 15) is 4.79 Å². The van der Waals surface area contributed by atoms with E-state index in [4.69, 9.17) is 9.47 Å². The predicted molar refractivity (Wildman–Crippen MR) is 75.4 cm³/mol. The predicted octanol–water partition coefficient (Wildman–Crippen LogP) is 2.06. The summed E-state index contributed by atoms with van der Waals surface area (Å²) in [6.07, 6.45) is -0.240. The van der Waals surface area contributed by atoms with Gasteiger partial charge in [-0.3, -0.25) is 0 Å². The summed E-state index contributed by atoms with van der Waals surface area (Å²) >= 11 is 0. The van der Waals surface area contributed by atoms with Crippen molar-refractivity contribution in [1.82, 2.24) is 14.8 Å². The first-order valence-electron chi connectivity index (χ1n) is 6.50. The van der Waals surface area contributed by atoms with Crippen LogP contribution < -0.4 is 10.4 Å². The number of methoxy groups -OCH3 is 1. The standard InChI is InChI=1S/C14H19N3O3/c1-9(2)20-10(3)13-15-16-14(18)17(13)11-6-5-7-12(8-11)19-4/h5-10H,1-4H3,(H,16,18)/t10-/m1/s1. The lowest BCUT2D eigenvalue weighted by Gasteiger charge is -2.16. The second kappa shape index (κ2) is 5.92. The number of hydrogen-bond donors (Lipinski definition) is 1. The van der Waals surface area contributed by atoms with E-state index in [2.05, 4.69) is 10.2 Å². The Labute approximate surface area is 117 Å². The van der Waals surface area contributed by atoms with Crippen molar-refractivity contribution in [2.45, 2.75) is 33.0 Å². The zero-order chi connectivity index (χ0) is 14.7. The molecule has 0 saturated heterocycles. The molecule has 0 radical (unpaired) electrons. The summed E-state index contributed by atoms with van der Waals surface area (Å²) in [5.74, 6) is 1.22. The van der Waals surface area contributed by atoms with Crippen LogP contribution in [0.25, 0.3) is 5.69 Å². The second-order valence-electron chi connectivity index (χ2n) is 4.75. The molecule has 0 unspecified atom stereocenters. The highest BCUT2D eigenvalue weighted by Gasteiger charge is 2.18. The van der Waals surface area contributed by atoms with Crippen molar-refractivity contribution in [3.63, 3.8) is 0 Å². The highest BCUT2D eigenvalue weighted by molar-refractivity contribution is 5.39. The lowest BCUT2D eigenvalue weighted by Crippen LogP contribution is -2.19. The van der Waals surface area contributed by atoms with Gasteiger partial charge in [0.1, 0.15) is 11.9 Å². The molecule has 0 aliphatic rings. The fraction of sp³-hybridized carbons (Fsp3) is 0.429. The first kappa shape index (κ1) is 14.3. The van der Waals surface area contributed by atoms with Crippen LogP contribution in [0.15, 0.2) is 29.1 Å². The quantitative estimate of drug-likeness (QED) is 0.908. The highest BCUT2D eigenvalue weighted by atomic mass is 16.5. The number of nitrogens with one attached hydrogen (secondary N) is 1. The molecule has 1 aromatic heterocycles. The van der Waals surface area contributed by atoms with Crippen molar-refractivity contribution in [1.29, 1.82) is 0 Å². The van der Waals surface area contributed by atoms with Crippen LogP contribution in [0.4, 0.5) is 0 Å². The van der Waals surface area contributed by atoms with Crippen molar-refractivity contribution in [2.24, 2.45) is 0 Å². The van der Waals surface area contributed by atoms with Crippen LogP contribution in [-0.2, 0) is 4.74 Å². The van der Waals surface area contributed by atoms with E-state index in [0.717, 1.165) is 0 Å².